The number of nitrogens with one attached hydrogen (secondary N) is 1. The Morgan fingerprint density at radius 2 is 1.84 bits per heavy atom. The molecule has 0 saturated heterocycles. The summed E-state index contributed by atoms with van der Waals surface area (Å²) in [6.07, 6.45) is 9.12. The lowest BCUT2D eigenvalue weighted by molar-refractivity contribution is -0.0167. The summed E-state index contributed by atoms with van der Waals surface area (Å²) in [5.74, 6) is 2.42. The van der Waals surface area contributed by atoms with Gasteiger partial charge in [-0.1, -0.05) is 6.07 Å². The van der Waals surface area contributed by atoms with Crippen LogP contribution in [0.15, 0.2) is 42.6 Å². The minimum atomic E-state index is -0.452. The summed E-state index contributed by atoms with van der Waals surface area (Å²) in [7, 11) is 1.44. The number of rotatable bonds is 4. The van der Waals surface area contributed by atoms with Crippen molar-refractivity contribution in [2.45, 2.75) is 44.1 Å². The third-order valence-corrected chi connectivity index (χ3v) is 7.59. The Balaban J connectivity index is 1.37. The standard InChI is InChI=1S/C25H26FN3O2/c1-31-21-6-5-18(11-19(21)26)23-27-22(20-4-2-3-7-29(20)23)24(30)28-25-12-15-8-16(13-25)10-17(9-15)14-25/h2-7,11,15-17H,8-10,12-14H2,1H3,(H,28,30). The van der Waals surface area contributed by atoms with E-state index in [1.807, 2.05) is 28.8 Å². The number of hydrogen-bond acceptors (Lipinski definition) is 3. The first kappa shape index (κ1) is 18.8. The summed E-state index contributed by atoms with van der Waals surface area (Å²) in [6, 6.07) is 10.4. The number of carbonyl (C=O) groups excluding carboxylic acids is 1. The Morgan fingerprint density at radius 3 is 2.48 bits per heavy atom. The second-order valence-electron chi connectivity index (χ2n) is 9.74. The van der Waals surface area contributed by atoms with Crippen LogP contribution >= 0.6 is 0 Å². The number of fused-ring (bicyclic) bond motifs is 1. The third-order valence-electron chi connectivity index (χ3n) is 7.59. The maximum Gasteiger partial charge on any atom is 0.272 e. The van der Waals surface area contributed by atoms with E-state index >= 15 is 0 Å². The first-order chi connectivity index (χ1) is 15.0. The molecular weight excluding hydrogens is 393 g/mol. The second kappa shape index (κ2) is 6.81. The number of benzene rings is 1. The van der Waals surface area contributed by atoms with Gasteiger partial charge in [0.1, 0.15) is 5.82 Å². The van der Waals surface area contributed by atoms with Gasteiger partial charge in [-0.15, -0.1) is 0 Å². The first-order valence-electron chi connectivity index (χ1n) is 11.2. The molecule has 4 fully saturated rings. The van der Waals surface area contributed by atoms with Crippen molar-refractivity contribution < 1.29 is 13.9 Å². The van der Waals surface area contributed by atoms with Gasteiger partial charge in [-0.3, -0.25) is 9.20 Å². The first-order valence-corrected chi connectivity index (χ1v) is 11.2. The molecule has 1 aromatic carbocycles. The molecule has 5 nitrogen and oxygen atoms in total. The van der Waals surface area contributed by atoms with Crippen molar-refractivity contribution in [3.8, 4) is 17.1 Å². The number of methoxy groups -OCH3 is 1. The van der Waals surface area contributed by atoms with Crippen LogP contribution in [-0.4, -0.2) is 27.9 Å². The zero-order chi connectivity index (χ0) is 21.2. The van der Waals surface area contributed by atoms with Crippen LogP contribution in [0.5, 0.6) is 5.75 Å². The minimum Gasteiger partial charge on any atom is -0.494 e. The maximum atomic E-state index is 14.3. The zero-order valence-corrected chi connectivity index (χ0v) is 17.6. The van der Waals surface area contributed by atoms with E-state index in [0.717, 1.165) is 42.5 Å². The maximum absolute atomic E-state index is 14.3. The number of carbonyl (C=O) groups is 1. The van der Waals surface area contributed by atoms with E-state index in [-0.39, 0.29) is 17.2 Å². The normalized spacial score (nSPS) is 28.8. The molecule has 2 aromatic heterocycles. The summed E-state index contributed by atoms with van der Waals surface area (Å²) >= 11 is 0. The summed E-state index contributed by atoms with van der Waals surface area (Å²) in [4.78, 5) is 18.2. The summed E-state index contributed by atoms with van der Waals surface area (Å²) in [5.41, 5.74) is 1.66. The number of imidazole rings is 1. The van der Waals surface area contributed by atoms with Crippen LogP contribution in [0.4, 0.5) is 4.39 Å². The van der Waals surface area contributed by atoms with Crippen molar-refractivity contribution in [2.24, 2.45) is 17.8 Å². The SMILES string of the molecule is COc1ccc(-c2nc(C(=O)NC34CC5CC(CC(C5)C3)C4)c3ccccn23)cc1F. The van der Waals surface area contributed by atoms with Gasteiger partial charge >= 0.3 is 0 Å². The molecule has 160 valence electrons. The van der Waals surface area contributed by atoms with E-state index in [1.54, 1.807) is 12.1 Å². The van der Waals surface area contributed by atoms with Crippen molar-refractivity contribution in [1.29, 1.82) is 0 Å². The van der Waals surface area contributed by atoms with Gasteiger partial charge in [-0.05, 0) is 86.6 Å². The molecule has 0 unspecified atom stereocenters. The average Bonchev–Trinajstić information content (AvgIpc) is 3.12. The number of nitrogens with zero attached hydrogens (tertiary/aromatic N) is 2. The molecule has 4 aliphatic rings. The lowest BCUT2D eigenvalue weighted by Crippen LogP contribution is -2.59. The van der Waals surface area contributed by atoms with Gasteiger partial charge < -0.3 is 10.1 Å². The quantitative estimate of drug-likeness (QED) is 0.658. The predicted octanol–water partition coefficient (Wildman–Crippen LogP) is 4.85. The zero-order valence-electron chi connectivity index (χ0n) is 17.6. The van der Waals surface area contributed by atoms with Crippen LogP contribution in [0, 0.1) is 23.6 Å². The van der Waals surface area contributed by atoms with E-state index in [4.69, 9.17) is 9.72 Å². The molecule has 2 heterocycles. The molecule has 31 heavy (non-hydrogen) atoms. The van der Waals surface area contributed by atoms with E-state index in [0.29, 0.717) is 17.1 Å². The molecular formula is C25H26FN3O2. The van der Waals surface area contributed by atoms with Crippen LogP contribution in [0.25, 0.3) is 16.9 Å². The van der Waals surface area contributed by atoms with Crippen LogP contribution in [0.2, 0.25) is 0 Å². The molecule has 4 saturated carbocycles. The fourth-order valence-electron chi connectivity index (χ4n) is 6.78. The number of amides is 1. The van der Waals surface area contributed by atoms with Crippen LogP contribution in [0.3, 0.4) is 0 Å². The minimum absolute atomic E-state index is 0.0804. The Hall–Kier alpha value is -2.89. The molecule has 6 heteroatoms. The van der Waals surface area contributed by atoms with E-state index in [2.05, 4.69) is 5.32 Å². The molecule has 4 aliphatic carbocycles. The summed E-state index contributed by atoms with van der Waals surface area (Å²) in [6.45, 7) is 0. The number of hydrogen-bond donors (Lipinski definition) is 1. The van der Waals surface area contributed by atoms with Gasteiger partial charge in [0, 0.05) is 17.3 Å². The Bertz CT molecular complexity index is 1150. The molecule has 7 rings (SSSR count). The van der Waals surface area contributed by atoms with Gasteiger partial charge in [-0.25, -0.2) is 9.37 Å². The van der Waals surface area contributed by atoms with Crippen LogP contribution in [-0.2, 0) is 0 Å². The summed E-state index contributed by atoms with van der Waals surface area (Å²) in [5, 5.41) is 3.42. The van der Waals surface area contributed by atoms with E-state index in [1.165, 1.54) is 32.4 Å². The number of aromatic nitrogens is 2. The lowest BCUT2D eigenvalue weighted by atomic mass is 9.53. The van der Waals surface area contributed by atoms with Crippen LogP contribution < -0.4 is 10.1 Å². The highest BCUT2D eigenvalue weighted by Crippen LogP contribution is 2.55. The van der Waals surface area contributed by atoms with Crippen molar-refractivity contribution in [2.75, 3.05) is 7.11 Å². The second-order valence-corrected chi connectivity index (χ2v) is 9.74. The van der Waals surface area contributed by atoms with Gasteiger partial charge in [0.15, 0.2) is 17.3 Å². The molecule has 0 atom stereocenters. The van der Waals surface area contributed by atoms with E-state index in [9.17, 15) is 9.18 Å². The average molecular weight is 420 g/mol. The molecule has 4 bridgehead atoms. The fourth-order valence-corrected chi connectivity index (χ4v) is 6.78. The monoisotopic (exact) mass is 419 g/mol. The molecule has 0 aliphatic heterocycles. The number of halogens is 1. The van der Waals surface area contributed by atoms with Crippen molar-refractivity contribution in [3.05, 3.63) is 54.1 Å². The molecule has 1 N–H and O–H groups in total. The van der Waals surface area contributed by atoms with Crippen molar-refractivity contribution in [1.82, 2.24) is 14.7 Å². The number of pyridine rings is 1. The highest BCUT2D eigenvalue weighted by molar-refractivity contribution is 6.00. The Kier molecular flexibility index (Phi) is 4.14. The Morgan fingerprint density at radius 1 is 1.13 bits per heavy atom. The predicted molar refractivity (Wildman–Crippen MR) is 116 cm³/mol. The highest BCUT2D eigenvalue weighted by Gasteiger charge is 2.51. The largest absolute Gasteiger partial charge is 0.494 e. The van der Waals surface area contributed by atoms with Crippen LogP contribution in [0.1, 0.15) is 49.0 Å². The van der Waals surface area contributed by atoms with Crippen molar-refractivity contribution in [3.63, 3.8) is 0 Å². The smallest absolute Gasteiger partial charge is 0.272 e. The molecule has 1 amide bonds. The van der Waals surface area contributed by atoms with Gasteiger partial charge in [0.05, 0.1) is 12.6 Å². The third kappa shape index (κ3) is 3.03. The number of ether oxygens (including phenoxy) is 1. The topological polar surface area (TPSA) is 55.6 Å². The van der Waals surface area contributed by atoms with Gasteiger partial charge in [0.25, 0.3) is 5.91 Å². The molecule has 3 aromatic rings. The van der Waals surface area contributed by atoms with Crippen molar-refractivity contribution >= 4 is 11.4 Å². The van der Waals surface area contributed by atoms with E-state index < -0.39 is 5.82 Å². The lowest BCUT2D eigenvalue weighted by Gasteiger charge is -2.56. The molecule has 0 spiro atoms. The summed E-state index contributed by atoms with van der Waals surface area (Å²) < 4.78 is 21.2. The van der Waals surface area contributed by atoms with Gasteiger partial charge in [-0.2, -0.15) is 0 Å². The highest BCUT2D eigenvalue weighted by atomic mass is 19.1. The Labute approximate surface area is 180 Å². The molecule has 0 radical (unpaired) electrons. The van der Waals surface area contributed by atoms with Gasteiger partial charge in [0.2, 0.25) is 0 Å². The fraction of sp³-hybridized carbons (Fsp3) is 0.440.